The fourth-order valence-electron chi connectivity index (χ4n) is 2.08. The first-order valence-electron chi connectivity index (χ1n) is 6.53. The van der Waals surface area contributed by atoms with Gasteiger partial charge in [-0.2, -0.15) is 0 Å². The van der Waals surface area contributed by atoms with Crippen LogP contribution in [-0.4, -0.2) is 23.1 Å². The van der Waals surface area contributed by atoms with Crippen molar-refractivity contribution >= 4 is 23.6 Å². The zero-order valence-electron chi connectivity index (χ0n) is 11.1. The minimum atomic E-state index is -1.16. The molecule has 1 aromatic carbocycles. The smallest absolute Gasteiger partial charge is 0.331 e. The van der Waals surface area contributed by atoms with E-state index in [1.807, 2.05) is 6.92 Å². The number of carboxylic acid groups (broad SMARTS) is 1. The summed E-state index contributed by atoms with van der Waals surface area (Å²) < 4.78 is 0. The van der Waals surface area contributed by atoms with E-state index in [2.05, 4.69) is 10.6 Å². The van der Waals surface area contributed by atoms with E-state index in [1.165, 1.54) is 0 Å². The first kappa shape index (κ1) is 14.7. The largest absolute Gasteiger partial charge is 0.479 e. The number of nitrogens with one attached hydrogen (secondary N) is 2. The second-order valence-electron chi connectivity index (χ2n) is 5.04. The molecule has 20 heavy (non-hydrogen) atoms. The molecule has 1 aliphatic carbocycles. The van der Waals surface area contributed by atoms with Gasteiger partial charge >= 0.3 is 12.0 Å². The Morgan fingerprint density at radius 1 is 1.30 bits per heavy atom. The van der Waals surface area contributed by atoms with Gasteiger partial charge in [0.25, 0.3) is 0 Å². The monoisotopic (exact) mass is 296 g/mol. The molecule has 0 saturated heterocycles. The zero-order valence-corrected chi connectivity index (χ0v) is 11.9. The van der Waals surface area contributed by atoms with Crippen LogP contribution >= 0.6 is 11.6 Å². The zero-order chi connectivity index (χ0) is 14.7. The second-order valence-corrected chi connectivity index (χ2v) is 5.44. The molecular formula is C14H17ClN2O3. The van der Waals surface area contributed by atoms with Crippen LogP contribution in [0.15, 0.2) is 24.3 Å². The molecule has 1 fully saturated rings. The lowest BCUT2D eigenvalue weighted by Crippen LogP contribution is -2.45. The quantitative estimate of drug-likeness (QED) is 0.781. The fraction of sp³-hybridized carbons (Fsp3) is 0.429. The molecule has 0 heterocycles. The Bertz CT molecular complexity index is 517. The highest BCUT2D eigenvalue weighted by Crippen LogP contribution is 2.32. The predicted octanol–water partition coefficient (Wildman–Crippen LogP) is 2.56. The average Bonchev–Trinajstić information content (AvgIpc) is 3.21. The Kier molecular flexibility index (Phi) is 4.49. The van der Waals surface area contributed by atoms with Crippen LogP contribution in [0.4, 0.5) is 4.79 Å². The molecule has 1 aliphatic rings. The number of amides is 2. The van der Waals surface area contributed by atoms with E-state index in [4.69, 9.17) is 11.6 Å². The second kappa shape index (κ2) is 6.13. The molecule has 6 heteroatoms. The molecule has 1 saturated carbocycles. The molecule has 0 spiro atoms. The van der Waals surface area contributed by atoms with Crippen LogP contribution in [0.3, 0.4) is 0 Å². The van der Waals surface area contributed by atoms with Gasteiger partial charge in [-0.15, -0.1) is 0 Å². The van der Waals surface area contributed by atoms with Gasteiger partial charge in [0.1, 0.15) is 0 Å². The van der Waals surface area contributed by atoms with Gasteiger partial charge in [0, 0.05) is 16.6 Å². The standard InChI is InChI=1S/C14H17ClN2O3/c1-8(9-6-7-9)16-14(20)17-12(13(18)19)10-4-2-3-5-11(10)15/h2-5,8-9,12H,6-7H2,1H3,(H,18,19)(H2,16,17,20)/t8?,12-/m1/s1. The first-order valence-corrected chi connectivity index (χ1v) is 6.91. The highest BCUT2D eigenvalue weighted by atomic mass is 35.5. The molecular weight excluding hydrogens is 280 g/mol. The minimum Gasteiger partial charge on any atom is -0.479 e. The summed E-state index contributed by atoms with van der Waals surface area (Å²) in [7, 11) is 0. The molecule has 3 N–H and O–H groups in total. The van der Waals surface area contributed by atoms with Crippen molar-refractivity contribution in [2.75, 3.05) is 0 Å². The molecule has 108 valence electrons. The predicted molar refractivity (Wildman–Crippen MR) is 75.7 cm³/mol. The van der Waals surface area contributed by atoms with Crippen molar-refractivity contribution in [3.63, 3.8) is 0 Å². The molecule has 2 amide bonds. The molecule has 0 aromatic heterocycles. The van der Waals surface area contributed by atoms with Crippen LogP contribution < -0.4 is 10.6 Å². The number of aliphatic carboxylic acids is 1. The molecule has 2 atom stereocenters. The minimum absolute atomic E-state index is 0.0516. The summed E-state index contributed by atoms with van der Waals surface area (Å²) in [5, 5.41) is 14.8. The number of carbonyl (C=O) groups excluding carboxylic acids is 1. The number of hydrogen-bond acceptors (Lipinski definition) is 2. The Morgan fingerprint density at radius 3 is 2.50 bits per heavy atom. The number of halogens is 1. The van der Waals surface area contributed by atoms with Gasteiger partial charge in [0.05, 0.1) is 0 Å². The average molecular weight is 297 g/mol. The Morgan fingerprint density at radius 2 is 1.95 bits per heavy atom. The topological polar surface area (TPSA) is 78.4 Å². The Labute approximate surface area is 122 Å². The van der Waals surface area contributed by atoms with Crippen LogP contribution in [0.5, 0.6) is 0 Å². The van der Waals surface area contributed by atoms with Crippen molar-refractivity contribution in [2.24, 2.45) is 5.92 Å². The summed E-state index contributed by atoms with van der Waals surface area (Å²) in [6.07, 6.45) is 2.21. The van der Waals surface area contributed by atoms with Crippen LogP contribution in [0.1, 0.15) is 31.4 Å². The molecule has 1 unspecified atom stereocenters. The maximum atomic E-state index is 11.9. The van der Waals surface area contributed by atoms with E-state index < -0.39 is 18.0 Å². The van der Waals surface area contributed by atoms with E-state index in [1.54, 1.807) is 24.3 Å². The molecule has 1 aromatic rings. The van der Waals surface area contributed by atoms with Gasteiger partial charge in [0.2, 0.25) is 0 Å². The summed E-state index contributed by atoms with van der Waals surface area (Å²) in [6, 6.07) is 4.98. The van der Waals surface area contributed by atoms with E-state index in [-0.39, 0.29) is 6.04 Å². The third-order valence-corrected chi connectivity index (χ3v) is 3.77. The van der Waals surface area contributed by atoms with E-state index >= 15 is 0 Å². The lowest BCUT2D eigenvalue weighted by Gasteiger charge is -2.19. The van der Waals surface area contributed by atoms with Crippen molar-refractivity contribution in [1.29, 1.82) is 0 Å². The third-order valence-electron chi connectivity index (χ3n) is 3.43. The summed E-state index contributed by atoms with van der Waals surface area (Å²) >= 11 is 5.98. The van der Waals surface area contributed by atoms with Crippen LogP contribution in [0.25, 0.3) is 0 Å². The number of hydrogen-bond donors (Lipinski definition) is 3. The first-order chi connectivity index (χ1) is 9.49. The third kappa shape index (κ3) is 3.63. The van der Waals surface area contributed by atoms with Crippen LogP contribution in [0, 0.1) is 5.92 Å². The lowest BCUT2D eigenvalue weighted by atomic mass is 10.1. The molecule has 2 rings (SSSR count). The van der Waals surface area contributed by atoms with E-state index in [0.717, 1.165) is 12.8 Å². The lowest BCUT2D eigenvalue weighted by molar-refractivity contribution is -0.139. The number of urea groups is 1. The molecule has 0 bridgehead atoms. The van der Waals surface area contributed by atoms with E-state index in [9.17, 15) is 14.7 Å². The molecule has 0 aliphatic heterocycles. The molecule has 5 nitrogen and oxygen atoms in total. The summed E-state index contributed by atoms with van der Waals surface area (Å²) in [6.45, 7) is 1.92. The fourth-order valence-corrected chi connectivity index (χ4v) is 2.32. The van der Waals surface area contributed by atoms with Gasteiger partial charge in [-0.25, -0.2) is 9.59 Å². The van der Waals surface area contributed by atoms with Crippen LogP contribution in [-0.2, 0) is 4.79 Å². The number of benzene rings is 1. The number of carbonyl (C=O) groups is 2. The Balaban J connectivity index is 2.04. The SMILES string of the molecule is CC(NC(=O)N[C@@H](C(=O)O)c1ccccc1Cl)C1CC1. The highest BCUT2D eigenvalue weighted by Gasteiger charge is 2.30. The van der Waals surface area contributed by atoms with Crippen molar-refractivity contribution < 1.29 is 14.7 Å². The maximum absolute atomic E-state index is 11.9. The Hall–Kier alpha value is -1.75. The van der Waals surface area contributed by atoms with Crippen molar-refractivity contribution in [1.82, 2.24) is 10.6 Å². The number of rotatable bonds is 5. The van der Waals surface area contributed by atoms with Crippen molar-refractivity contribution in [3.05, 3.63) is 34.9 Å². The molecule has 0 radical (unpaired) electrons. The van der Waals surface area contributed by atoms with Gasteiger partial charge in [-0.05, 0) is 31.7 Å². The van der Waals surface area contributed by atoms with Gasteiger partial charge in [-0.3, -0.25) is 0 Å². The highest BCUT2D eigenvalue weighted by molar-refractivity contribution is 6.31. The van der Waals surface area contributed by atoms with Gasteiger partial charge in [0.15, 0.2) is 6.04 Å². The van der Waals surface area contributed by atoms with Gasteiger partial charge < -0.3 is 15.7 Å². The van der Waals surface area contributed by atoms with E-state index in [0.29, 0.717) is 16.5 Å². The summed E-state index contributed by atoms with van der Waals surface area (Å²) in [5.41, 5.74) is 0.371. The van der Waals surface area contributed by atoms with Crippen molar-refractivity contribution in [3.8, 4) is 0 Å². The van der Waals surface area contributed by atoms with Gasteiger partial charge in [-0.1, -0.05) is 29.8 Å². The summed E-state index contributed by atoms with van der Waals surface area (Å²) in [4.78, 5) is 23.2. The summed E-state index contributed by atoms with van der Waals surface area (Å²) in [5.74, 6) is -0.642. The maximum Gasteiger partial charge on any atom is 0.331 e. The van der Waals surface area contributed by atoms with Crippen molar-refractivity contribution in [2.45, 2.75) is 31.8 Å². The van der Waals surface area contributed by atoms with Crippen LogP contribution in [0.2, 0.25) is 5.02 Å². The number of carboxylic acids is 1. The normalized spacial score (nSPS) is 17.1.